The van der Waals surface area contributed by atoms with Crippen molar-refractivity contribution in [2.24, 2.45) is 5.92 Å². The molecule has 0 saturated carbocycles. The molecular weight excluding hydrogens is 310 g/mol. The largest absolute Gasteiger partial charge is 0.486 e. The van der Waals surface area contributed by atoms with Crippen LogP contribution in [0.3, 0.4) is 0 Å². The molecule has 2 aliphatic heterocycles. The normalized spacial score (nSPS) is 22.7. The molecule has 5 heteroatoms. The fraction of sp³-hybridized carbons (Fsp3) is 0.571. The van der Waals surface area contributed by atoms with E-state index in [9.17, 15) is 5.11 Å². The van der Waals surface area contributed by atoms with E-state index in [0.717, 1.165) is 42.0 Å². The summed E-state index contributed by atoms with van der Waals surface area (Å²) in [6, 6.07) is 4.05. The van der Waals surface area contributed by atoms with Gasteiger partial charge in [-0.3, -0.25) is 4.90 Å². The number of rotatable bonds is 3. The summed E-state index contributed by atoms with van der Waals surface area (Å²) in [5.41, 5.74) is 1.21. The molecule has 1 fully saturated rings. The van der Waals surface area contributed by atoms with E-state index in [1.165, 1.54) is 5.56 Å². The van der Waals surface area contributed by atoms with E-state index in [1.54, 1.807) is 0 Å². The van der Waals surface area contributed by atoms with Gasteiger partial charge < -0.3 is 14.6 Å². The van der Waals surface area contributed by atoms with Gasteiger partial charge in [-0.2, -0.15) is 0 Å². The Morgan fingerprint density at radius 3 is 2.68 bits per heavy atom. The average molecular weight is 328 g/mol. The molecule has 1 aromatic carbocycles. The quantitative estimate of drug-likeness (QED) is 0.922. The van der Waals surface area contributed by atoms with E-state index >= 15 is 0 Å². The molecule has 3 rings (SSSR count). The molecule has 2 heterocycles. The van der Waals surface area contributed by atoms with Gasteiger partial charge >= 0.3 is 0 Å². The molecule has 1 N–H and O–H groups in total. The van der Waals surface area contributed by atoms with Gasteiger partial charge in [0.15, 0.2) is 11.5 Å². The Hall–Kier alpha value is -0.780. The van der Waals surface area contributed by atoms with Crippen LogP contribution < -0.4 is 9.47 Å². The summed E-state index contributed by atoms with van der Waals surface area (Å²) in [6.45, 7) is 4.42. The highest BCUT2D eigenvalue weighted by Crippen LogP contribution is 2.36. The molecule has 1 atom stereocenters. The second-order valence-corrected chi connectivity index (χ2v) is 6.01. The summed E-state index contributed by atoms with van der Waals surface area (Å²) >= 11 is 3.60. The van der Waals surface area contributed by atoms with Crippen molar-refractivity contribution in [3.05, 3.63) is 22.2 Å². The zero-order valence-corrected chi connectivity index (χ0v) is 12.4. The van der Waals surface area contributed by atoms with Crippen LogP contribution in [0.4, 0.5) is 0 Å². The third kappa shape index (κ3) is 2.88. The lowest BCUT2D eigenvalue weighted by molar-refractivity contribution is 0.171. The fourth-order valence-corrected chi connectivity index (χ4v) is 3.12. The van der Waals surface area contributed by atoms with Crippen molar-refractivity contribution in [1.82, 2.24) is 4.90 Å². The molecule has 0 amide bonds. The number of hydrogen-bond acceptors (Lipinski definition) is 4. The van der Waals surface area contributed by atoms with Crippen LogP contribution >= 0.6 is 15.9 Å². The minimum Gasteiger partial charge on any atom is -0.486 e. The molecular formula is C14H18BrNO3. The molecule has 0 bridgehead atoms. The zero-order chi connectivity index (χ0) is 13.2. The lowest BCUT2D eigenvalue weighted by Crippen LogP contribution is -2.22. The van der Waals surface area contributed by atoms with E-state index in [4.69, 9.17) is 9.47 Å². The number of aliphatic hydroxyl groups is 1. The summed E-state index contributed by atoms with van der Waals surface area (Å²) in [6.07, 6.45) is 1.08. The van der Waals surface area contributed by atoms with Crippen molar-refractivity contribution in [3.63, 3.8) is 0 Å². The maximum Gasteiger partial charge on any atom is 0.162 e. The van der Waals surface area contributed by atoms with Gasteiger partial charge in [0.1, 0.15) is 13.2 Å². The number of ether oxygens (including phenoxy) is 2. The second-order valence-electron chi connectivity index (χ2n) is 5.16. The highest BCUT2D eigenvalue weighted by Gasteiger charge is 2.23. The monoisotopic (exact) mass is 327 g/mol. The fourth-order valence-electron chi connectivity index (χ4n) is 2.67. The first-order chi connectivity index (χ1) is 9.26. The highest BCUT2D eigenvalue weighted by molar-refractivity contribution is 9.10. The zero-order valence-electron chi connectivity index (χ0n) is 10.8. The Morgan fingerprint density at radius 1 is 1.26 bits per heavy atom. The number of nitrogens with zero attached hydrogens (tertiary/aromatic N) is 1. The standard InChI is InChI=1S/C14H18BrNO3/c15-12-6-14-13(18-3-4-19-14)5-11(12)8-16-2-1-10(7-16)9-17/h5-6,10,17H,1-4,7-9H2. The van der Waals surface area contributed by atoms with E-state index in [0.29, 0.717) is 25.7 Å². The number of benzene rings is 1. The Balaban J connectivity index is 1.74. The van der Waals surface area contributed by atoms with Gasteiger partial charge in [0, 0.05) is 24.2 Å². The Morgan fingerprint density at radius 2 is 2.00 bits per heavy atom. The van der Waals surface area contributed by atoms with Crippen LogP contribution in [0.5, 0.6) is 11.5 Å². The van der Waals surface area contributed by atoms with Gasteiger partial charge in [-0.05, 0) is 36.6 Å². The van der Waals surface area contributed by atoms with Gasteiger partial charge in [0.25, 0.3) is 0 Å². The summed E-state index contributed by atoms with van der Waals surface area (Å²) in [5.74, 6) is 2.08. The summed E-state index contributed by atoms with van der Waals surface area (Å²) < 4.78 is 12.2. The summed E-state index contributed by atoms with van der Waals surface area (Å²) in [4.78, 5) is 2.37. The first-order valence-electron chi connectivity index (χ1n) is 6.67. The predicted molar refractivity (Wildman–Crippen MR) is 75.6 cm³/mol. The predicted octanol–water partition coefficient (Wildman–Crippen LogP) is 2.03. The van der Waals surface area contributed by atoms with Crippen molar-refractivity contribution in [1.29, 1.82) is 0 Å². The molecule has 1 aromatic rings. The minimum absolute atomic E-state index is 0.290. The first-order valence-corrected chi connectivity index (χ1v) is 7.47. The van der Waals surface area contributed by atoms with Gasteiger partial charge in [0.2, 0.25) is 0 Å². The summed E-state index contributed by atoms with van der Waals surface area (Å²) in [5, 5.41) is 9.19. The topological polar surface area (TPSA) is 41.9 Å². The van der Waals surface area contributed by atoms with E-state index in [-0.39, 0.29) is 0 Å². The lowest BCUT2D eigenvalue weighted by Gasteiger charge is -2.22. The SMILES string of the molecule is OCC1CCN(Cc2cc3c(cc2Br)OCCO3)C1. The Kier molecular flexibility index (Phi) is 3.96. The van der Waals surface area contributed by atoms with Crippen LogP contribution in [-0.4, -0.2) is 42.9 Å². The van der Waals surface area contributed by atoms with Gasteiger partial charge in [-0.15, -0.1) is 0 Å². The molecule has 0 aromatic heterocycles. The number of fused-ring (bicyclic) bond motifs is 1. The molecule has 0 spiro atoms. The van der Waals surface area contributed by atoms with Crippen LogP contribution in [0.1, 0.15) is 12.0 Å². The first kappa shape index (κ1) is 13.2. The third-order valence-electron chi connectivity index (χ3n) is 3.73. The molecule has 1 unspecified atom stereocenters. The van der Waals surface area contributed by atoms with Crippen molar-refractivity contribution in [3.8, 4) is 11.5 Å². The van der Waals surface area contributed by atoms with Gasteiger partial charge in [-0.25, -0.2) is 0 Å². The average Bonchev–Trinajstić information content (AvgIpc) is 2.87. The van der Waals surface area contributed by atoms with Crippen LogP contribution in [-0.2, 0) is 6.54 Å². The van der Waals surface area contributed by atoms with Crippen LogP contribution in [0.15, 0.2) is 16.6 Å². The van der Waals surface area contributed by atoms with E-state index < -0.39 is 0 Å². The van der Waals surface area contributed by atoms with Crippen molar-refractivity contribution >= 4 is 15.9 Å². The molecule has 19 heavy (non-hydrogen) atoms. The second kappa shape index (κ2) is 5.69. The van der Waals surface area contributed by atoms with Gasteiger partial charge in [0.05, 0.1) is 0 Å². The maximum absolute atomic E-state index is 9.19. The molecule has 1 saturated heterocycles. The van der Waals surface area contributed by atoms with Crippen LogP contribution in [0.25, 0.3) is 0 Å². The molecule has 104 valence electrons. The lowest BCUT2D eigenvalue weighted by atomic mass is 10.1. The maximum atomic E-state index is 9.19. The smallest absolute Gasteiger partial charge is 0.162 e. The van der Waals surface area contributed by atoms with Gasteiger partial charge in [-0.1, -0.05) is 15.9 Å². The van der Waals surface area contributed by atoms with Crippen molar-refractivity contribution in [2.45, 2.75) is 13.0 Å². The number of hydrogen-bond donors (Lipinski definition) is 1. The van der Waals surface area contributed by atoms with E-state index in [1.807, 2.05) is 6.07 Å². The van der Waals surface area contributed by atoms with Crippen molar-refractivity contribution < 1.29 is 14.6 Å². The highest BCUT2D eigenvalue weighted by atomic mass is 79.9. The van der Waals surface area contributed by atoms with Crippen LogP contribution in [0.2, 0.25) is 0 Å². The minimum atomic E-state index is 0.290. The van der Waals surface area contributed by atoms with E-state index in [2.05, 4.69) is 26.9 Å². The number of likely N-dealkylation sites (tertiary alicyclic amines) is 1. The molecule has 0 radical (unpaired) electrons. The molecule has 0 aliphatic carbocycles. The number of halogens is 1. The molecule has 4 nitrogen and oxygen atoms in total. The Bertz CT molecular complexity index is 466. The Labute approximate surface area is 121 Å². The third-order valence-corrected chi connectivity index (χ3v) is 4.47. The molecule has 2 aliphatic rings. The van der Waals surface area contributed by atoms with Crippen molar-refractivity contribution in [2.75, 3.05) is 32.9 Å². The van der Waals surface area contributed by atoms with Crippen LogP contribution in [0, 0.1) is 5.92 Å². The summed E-state index contributed by atoms with van der Waals surface area (Å²) in [7, 11) is 0. The number of aliphatic hydroxyl groups excluding tert-OH is 1.